The van der Waals surface area contributed by atoms with E-state index in [1.54, 1.807) is 12.1 Å². The van der Waals surface area contributed by atoms with Crippen LogP contribution in [0.15, 0.2) is 72.8 Å². The van der Waals surface area contributed by atoms with Crippen LogP contribution < -0.4 is 4.74 Å². The minimum atomic E-state index is -0.0433. The van der Waals surface area contributed by atoms with Crippen LogP contribution in [0.4, 0.5) is 0 Å². The lowest BCUT2D eigenvalue weighted by molar-refractivity contribution is -0.105. The number of phenolic OH excluding ortho intramolecular Hbond substituents is 1. The summed E-state index contributed by atoms with van der Waals surface area (Å²) in [6, 6.07) is 24.7. The van der Waals surface area contributed by atoms with Crippen LogP contribution in [-0.2, 0) is 4.74 Å². The summed E-state index contributed by atoms with van der Waals surface area (Å²) in [7, 11) is 0. The molecule has 214 valence electrons. The van der Waals surface area contributed by atoms with Gasteiger partial charge in [0, 0.05) is 6.42 Å². The van der Waals surface area contributed by atoms with Crippen LogP contribution in [0.2, 0.25) is 0 Å². The number of benzene rings is 3. The van der Waals surface area contributed by atoms with Crippen molar-refractivity contribution in [1.82, 2.24) is 0 Å². The van der Waals surface area contributed by atoms with E-state index in [-0.39, 0.29) is 6.29 Å². The summed E-state index contributed by atoms with van der Waals surface area (Å²) in [6.07, 6.45) is 6.87. The smallest absolute Gasteiger partial charge is 0.199 e. The van der Waals surface area contributed by atoms with Crippen molar-refractivity contribution in [1.29, 1.82) is 0 Å². The van der Waals surface area contributed by atoms with Crippen LogP contribution in [0.1, 0.15) is 120 Å². The molecule has 0 aromatic heterocycles. The van der Waals surface area contributed by atoms with E-state index in [9.17, 15) is 0 Å². The second-order valence-corrected chi connectivity index (χ2v) is 10.9. The molecule has 1 aliphatic heterocycles. The average molecular weight is 533 g/mol. The summed E-state index contributed by atoms with van der Waals surface area (Å²) in [5.74, 6) is 3.18. The summed E-state index contributed by atoms with van der Waals surface area (Å²) >= 11 is 0. The predicted molar refractivity (Wildman–Crippen MR) is 166 cm³/mol. The maximum atomic E-state index is 9.01. The Morgan fingerprint density at radius 1 is 0.692 bits per heavy atom. The monoisotopic (exact) mass is 532 g/mol. The molecule has 0 amide bonds. The fourth-order valence-electron chi connectivity index (χ4n) is 4.24. The molecule has 4 unspecified atom stereocenters. The molecule has 0 spiro atoms. The van der Waals surface area contributed by atoms with Gasteiger partial charge in [0.1, 0.15) is 11.5 Å². The first-order valence-electron chi connectivity index (χ1n) is 15.0. The van der Waals surface area contributed by atoms with E-state index >= 15 is 0 Å². The summed E-state index contributed by atoms with van der Waals surface area (Å²) in [5.41, 5.74) is 5.48. The summed E-state index contributed by atoms with van der Waals surface area (Å²) < 4.78 is 11.4. The Labute approximate surface area is 238 Å². The molecule has 3 aromatic rings. The molecule has 1 fully saturated rings. The number of hydrogen-bond acceptors (Lipinski definition) is 3. The van der Waals surface area contributed by atoms with Gasteiger partial charge in [0.15, 0.2) is 6.29 Å². The van der Waals surface area contributed by atoms with Crippen LogP contribution in [0.5, 0.6) is 11.5 Å². The van der Waals surface area contributed by atoms with Crippen LogP contribution in [0.3, 0.4) is 0 Å². The third kappa shape index (κ3) is 11.9. The van der Waals surface area contributed by atoms with Crippen molar-refractivity contribution in [2.75, 3.05) is 6.61 Å². The Morgan fingerprint density at radius 2 is 1.13 bits per heavy atom. The first kappa shape index (κ1) is 32.4. The molecule has 3 heteroatoms. The Balaban J connectivity index is 0.000000214. The first-order chi connectivity index (χ1) is 18.8. The third-order valence-corrected chi connectivity index (χ3v) is 7.80. The maximum Gasteiger partial charge on any atom is 0.199 e. The summed E-state index contributed by atoms with van der Waals surface area (Å²) in [6.45, 7) is 16.3. The lowest BCUT2D eigenvalue weighted by Gasteiger charge is -2.23. The van der Waals surface area contributed by atoms with E-state index in [1.807, 2.05) is 12.1 Å². The zero-order valence-corrected chi connectivity index (χ0v) is 25.5. The molecule has 3 aromatic carbocycles. The number of phenols is 1. The number of ether oxygens (including phenoxy) is 2. The van der Waals surface area contributed by atoms with Gasteiger partial charge in [-0.05, 0) is 97.7 Å². The Kier molecular flexibility index (Phi) is 14.8. The van der Waals surface area contributed by atoms with Crippen LogP contribution in [0, 0.1) is 6.92 Å². The fourth-order valence-corrected chi connectivity index (χ4v) is 4.24. The number of aromatic hydroxyl groups is 1. The van der Waals surface area contributed by atoms with Gasteiger partial charge in [-0.2, -0.15) is 0 Å². The van der Waals surface area contributed by atoms with Crippen molar-refractivity contribution in [3.63, 3.8) is 0 Å². The van der Waals surface area contributed by atoms with Crippen LogP contribution >= 0.6 is 0 Å². The van der Waals surface area contributed by atoms with Gasteiger partial charge in [0.25, 0.3) is 0 Å². The number of aryl methyl sites for hydroxylation is 1. The number of rotatable bonds is 8. The van der Waals surface area contributed by atoms with Gasteiger partial charge in [-0.25, -0.2) is 0 Å². The van der Waals surface area contributed by atoms with E-state index in [0.29, 0.717) is 23.5 Å². The Hall–Kier alpha value is -2.78. The fraction of sp³-hybridized carbons (Fsp3) is 0.500. The van der Waals surface area contributed by atoms with E-state index in [1.165, 1.54) is 41.5 Å². The largest absolute Gasteiger partial charge is 0.508 e. The maximum absolute atomic E-state index is 9.01. The first-order valence-corrected chi connectivity index (χ1v) is 15.0. The SMILES string of the molecule is CCC(C)c1ccc(C)cc1.CCC(C)c1ccc(O)cc1.CCC(C)c1ccc(OC2CCCCO2)cc1. The summed E-state index contributed by atoms with van der Waals surface area (Å²) in [5, 5.41) is 9.01. The number of hydrogen-bond donors (Lipinski definition) is 1. The van der Waals surface area contributed by atoms with E-state index in [0.717, 1.165) is 31.6 Å². The van der Waals surface area contributed by atoms with Gasteiger partial charge in [0.2, 0.25) is 0 Å². The van der Waals surface area contributed by atoms with Crippen molar-refractivity contribution < 1.29 is 14.6 Å². The third-order valence-electron chi connectivity index (χ3n) is 7.80. The van der Waals surface area contributed by atoms with Crippen molar-refractivity contribution in [2.45, 2.75) is 111 Å². The molecular weight excluding hydrogens is 480 g/mol. The van der Waals surface area contributed by atoms with E-state index in [2.05, 4.69) is 97.0 Å². The molecular formula is C36H52O3. The molecule has 0 aliphatic carbocycles. The molecule has 1 N–H and O–H groups in total. The molecule has 4 rings (SSSR count). The lowest BCUT2D eigenvalue weighted by Crippen LogP contribution is -2.24. The van der Waals surface area contributed by atoms with Crippen molar-refractivity contribution in [2.24, 2.45) is 0 Å². The van der Waals surface area contributed by atoms with Crippen molar-refractivity contribution in [3.8, 4) is 11.5 Å². The molecule has 0 radical (unpaired) electrons. The Morgan fingerprint density at radius 3 is 1.54 bits per heavy atom. The lowest BCUT2D eigenvalue weighted by atomic mass is 9.98. The van der Waals surface area contributed by atoms with Gasteiger partial charge in [-0.3, -0.25) is 0 Å². The minimum absolute atomic E-state index is 0.0433. The Bertz CT molecular complexity index is 967. The highest BCUT2D eigenvalue weighted by atomic mass is 16.7. The average Bonchev–Trinajstić information content (AvgIpc) is 2.98. The van der Waals surface area contributed by atoms with E-state index in [4.69, 9.17) is 14.6 Å². The van der Waals surface area contributed by atoms with Crippen molar-refractivity contribution >= 4 is 0 Å². The molecule has 4 atom stereocenters. The van der Waals surface area contributed by atoms with Gasteiger partial charge < -0.3 is 14.6 Å². The highest BCUT2D eigenvalue weighted by molar-refractivity contribution is 5.29. The molecule has 0 saturated carbocycles. The van der Waals surface area contributed by atoms with Gasteiger partial charge in [-0.15, -0.1) is 0 Å². The molecule has 3 nitrogen and oxygen atoms in total. The van der Waals surface area contributed by atoms with Crippen molar-refractivity contribution in [3.05, 3.63) is 95.1 Å². The zero-order chi connectivity index (χ0) is 28.6. The highest BCUT2D eigenvalue weighted by Crippen LogP contribution is 2.24. The standard InChI is InChI=1S/C15H22O2.C11H16.C10H14O/c1-3-12(2)13-7-9-14(10-8-13)17-15-6-4-5-11-16-15;1-4-10(3)11-7-5-9(2)6-8-11;1-3-8(2)9-4-6-10(11)7-5-9/h7-10,12,15H,3-6,11H2,1-2H3;5-8,10H,4H2,1-3H3;4-8,11H,3H2,1-2H3. The van der Waals surface area contributed by atoms with Crippen LogP contribution in [-0.4, -0.2) is 18.0 Å². The normalized spacial score (nSPS) is 16.9. The van der Waals surface area contributed by atoms with Gasteiger partial charge in [0.05, 0.1) is 6.61 Å². The highest BCUT2D eigenvalue weighted by Gasteiger charge is 2.15. The quantitative estimate of drug-likeness (QED) is 0.313. The molecule has 0 bridgehead atoms. The molecule has 1 aliphatic rings. The molecule has 39 heavy (non-hydrogen) atoms. The zero-order valence-electron chi connectivity index (χ0n) is 25.5. The van der Waals surface area contributed by atoms with E-state index < -0.39 is 0 Å². The van der Waals surface area contributed by atoms with Gasteiger partial charge in [-0.1, -0.05) is 95.6 Å². The molecule has 1 heterocycles. The predicted octanol–water partition coefficient (Wildman–Crippen LogP) is 10.5. The topological polar surface area (TPSA) is 38.7 Å². The second-order valence-electron chi connectivity index (χ2n) is 10.9. The van der Waals surface area contributed by atoms with Gasteiger partial charge >= 0.3 is 0 Å². The van der Waals surface area contributed by atoms with Crippen LogP contribution in [0.25, 0.3) is 0 Å². The molecule has 1 saturated heterocycles. The second kappa shape index (κ2) is 17.7. The summed E-state index contributed by atoms with van der Waals surface area (Å²) in [4.78, 5) is 0. The minimum Gasteiger partial charge on any atom is -0.508 e.